The van der Waals surface area contributed by atoms with Crippen molar-refractivity contribution in [3.8, 4) is 0 Å². The van der Waals surface area contributed by atoms with Gasteiger partial charge < -0.3 is 30.5 Å². The van der Waals surface area contributed by atoms with Gasteiger partial charge in [-0.15, -0.1) is 0 Å². The minimum absolute atomic E-state index is 0.0135. The Morgan fingerprint density at radius 3 is 2.27 bits per heavy atom. The molecule has 9 heteroatoms. The highest BCUT2D eigenvalue weighted by Gasteiger charge is 2.44. The first-order valence-electron chi connectivity index (χ1n) is 17.9. The van der Waals surface area contributed by atoms with Gasteiger partial charge in [0.2, 0.25) is 5.91 Å². The fourth-order valence-corrected chi connectivity index (χ4v) is 7.67. The molecule has 0 bridgehead atoms. The molecule has 2 heterocycles. The van der Waals surface area contributed by atoms with Crippen molar-refractivity contribution in [3.63, 3.8) is 0 Å². The third kappa shape index (κ3) is 9.28. The van der Waals surface area contributed by atoms with Crippen LogP contribution < -0.4 is 16.0 Å². The van der Waals surface area contributed by atoms with Crippen LogP contribution in [0.5, 0.6) is 0 Å². The summed E-state index contributed by atoms with van der Waals surface area (Å²) in [4.78, 5) is 28.8. The van der Waals surface area contributed by atoms with Gasteiger partial charge >= 0.3 is 6.03 Å². The van der Waals surface area contributed by atoms with Crippen molar-refractivity contribution in [1.29, 1.82) is 0 Å². The fourth-order valence-electron chi connectivity index (χ4n) is 7.67. The summed E-state index contributed by atoms with van der Waals surface area (Å²) in [5, 5.41) is 18.7. The Balaban J connectivity index is 1.20. The van der Waals surface area contributed by atoms with E-state index in [1.54, 1.807) is 0 Å². The number of likely N-dealkylation sites (tertiary alicyclic amines) is 1. The van der Waals surface area contributed by atoms with Crippen molar-refractivity contribution < 1.29 is 24.2 Å². The number of carbonyl (C=O) groups is 2. The number of urea groups is 1. The predicted molar refractivity (Wildman–Crippen MR) is 191 cm³/mol. The number of rotatable bonds is 9. The Morgan fingerprint density at radius 1 is 0.837 bits per heavy atom. The summed E-state index contributed by atoms with van der Waals surface area (Å²) < 4.78 is 13.4. The van der Waals surface area contributed by atoms with Crippen LogP contribution in [0.1, 0.15) is 100 Å². The Labute approximate surface area is 290 Å². The summed E-state index contributed by atoms with van der Waals surface area (Å²) in [7, 11) is 0. The summed E-state index contributed by atoms with van der Waals surface area (Å²) >= 11 is 0. The number of piperidine rings is 1. The third-order valence-corrected chi connectivity index (χ3v) is 10.1. The van der Waals surface area contributed by atoms with Crippen molar-refractivity contribution in [2.75, 3.05) is 11.9 Å². The zero-order chi connectivity index (χ0) is 34.4. The zero-order valence-electron chi connectivity index (χ0n) is 29.1. The van der Waals surface area contributed by atoms with Crippen LogP contribution in [0.4, 0.5) is 10.5 Å². The van der Waals surface area contributed by atoms with Crippen LogP contribution in [-0.2, 0) is 27.4 Å². The van der Waals surface area contributed by atoms with Gasteiger partial charge in [-0.25, -0.2) is 4.79 Å². The molecule has 3 fully saturated rings. The van der Waals surface area contributed by atoms with Crippen LogP contribution in [0.15, 0.2) is 78.9 Å². The van der Waals surface area contributed by atoms with Crippen LogP contribution in [0.2, 0.25) is 0 Å². The molecule has 0 spiro atoms. The molecule has 0 radical (unpaired) electrons. The van der Waals surface area contributed by atoms with Gasteiger partial charge in [0.1, 0.15) is 0 Å². The van der Waals surface area contributed by atoms with Crippen molar-refractivity contribution in [3.05, 3.63) is 101 Å². The molecule has 3 amide bonds. The second-order valence-corrected chi connectivity index (χ2v) is 14.9. The van der Waals surface area contributed by atoms with Crippen LogP contribution in [-0.4, -0.2) is 52.2 Å². The molecule has 1 aliphatic carbocycles. The SMILES string of the molecule is CC(C)(C)NC(=O)C1CCC2CCCCC2N1CC1CC(c2ccc(CO)cc2)OC(c2ccc(NC(=O)NCc3ccccc3)cc2)O1. The first-order chi connectivity index (χ1) is 23.6. The molecule has 2 saturated heterocycles. The lowest BCUT2D eigenvalue weighted by molar-refractivity contribution is -0.255. The number of hydrogen-bond donors (Lipinski definition) is 4. The summed E-state index contributed by atoms with van der Waals surface area (Å²) in [6, 6.07) is 25.2. The first-order valence-corrected chi connectivity index (χ1v) is 17.9. The molecular weight excluding hydrogens is 616 g/mol. The number of nitrogens with zero attached hydrogens (tertiary/aromatic N) is 1. The largest absolute Gasteiger partial charge is 0.392 e. The van der Waals surface area contributed by atoms with Gasteiger partial charge in [0.15, 0.2) is 6.29 Å². The quantitative estimate of drug-likeness (QED) is 0.196. The average Bonchev–Trinajstić information content (AvgIpc) is 3.11. The van der Waals surface area contributed by atoms with E-state index in [4.69, 9.17) is 9.47 Å². The monoisotopic (exact) mass is 668 g/mol. The van der Waals surface area contributed by atoms with E-state index in [9.17, 15) is 14.7 Å². The van der Waals surface area contributed by atoms with Gasteiger partial charge in [0.05, 0.1) is 24.9 Å². The molecule has 0 aromatic heterocycles. The maximum absolute atomic E-state index is 13.7. The molecule has 9 nitrogen and oxygen atoms in total. The molecule has 6 rings (SSSR count). The standard InChI is InChI=1S/C40H52N4O5/c1-40(2,3)43-37(46)35-22-19-29-11-7-8-12-34(29)44(35)25-33-23-36(30-15-13-28(26-45)14-16-30)49-38(48-33)31-17-20-32(21-18-31)42-39(47)41-24-27-9-5-4-6-10-27/h4-6,9-10,13-18,20-21,29,33-36,38,45H,7-8,11-12,19,22-26H2,1-3H3,(H,43,46)(H2,41,42,47). The molecule has 1 saturated carbocycles. The molecule has 3 aromatic rings. The Kier molecular flexibility index (Phi) is 11.3. The van der Waals surface area contributed by atoms with Crippen LogP contribution in [0.25, 0.3) is 0 Å². The number of carbonyl (C=O) groups excluding carboxylic acids is 2. The number of anilines is 1. The van der Waals surface area contributed by atoms with E-state index in [-0.39, 0.29) is 42.3 Å². The lowest BCUT2D eigenvalue weighted by Gasteiger charge is -2.50. The van der Waals surface area contributed by atoms with E-state index in [0.717, 1.165) is 41.5 Å². The van der Waals surface area contributed by atoms with Gasteiger partial charge in [0.25, 0.3) is 0 Å². The topological polar surface area (TPSA) is 112 Å². The third-order valence-electron chi connectivity index (χ3n) is 10.1. The lowest BCUT2D eigenvalue weighted by Crippen LogP contribution is -2.61. The first kappa shape index (κ1) is 35.1. The van der Waals surface area contributed by atoms with Crippen molar-refractivity contribution in [2.24, 2.45) is 5.92 Å². The second-order valence-electron chi connectivity index (χ2n) is 14.9. The summed E-state index contributed by atoms with van der Waals surface area (Å²) in [6.45, 7) is 7.19. The normalized spacial score (nSPS) is 26.0. The number of benzene rings is 3. The van der Waals surface area contributed by atoms with Gasteiger partial charge in [-0.1, -0.05) is 79.6 Å². The van der Waals surface area contributed by atoms with E-state index in [1.807, 2.05) is 99.6 Å². The number of aliphatic hydroxyl groups excluding tert-OH is 1. The fraction of sp³-hybridized carbons (Fsp3) is 0.500. The predicted octanol–water partition coefficient (Wildman–Crippen LogP) is 6.98. The lowest BCUT2D eigenvalue weighted by atomic mass is 9.75. The highest BCUT2D eigenvalue weighted by Crippen LogP contribution is 2.42. The molecule has 6 unspecified atom stereocenters. The van der Waals surface area contributed by atoms with Crippen molar-refractivity contribution >= 4 is 17.6 Å². The average molecular weight is 669 g/mol. The van der Waals surface area contributed by atoms with Gasteiger partial charge in [-0.05, 0) is 81.2 Å². The Bertz CT molecular complexity index is 1520. The maximum atomic E-state index is 13.7. The summed E-state index contributed by atoms with van der Waals surface area (Å²) in [6.07, 6.45) is 6.34. The van der Waals surface area contributed by atoms with Crippen LogP contribution in [0.3, 0.4) is 0 Å². The van der Waals surface area contributed by atoms with Gasteiger partial charge in [0, 0.05) is 42.3 Å². The van der Waals surface area contributed by atoms with E-state index in [1.165, 1.54) is 19.3 Å². The minimum atomic E-state index is -0.629. The smallest absolute Gasteiger partial charge is 0.319 e. The number of ether oxygens (including phenoxy) is 2. The van der Waals surface area contributed by atoms with Crippen molar-refractivity contribution in [1.82, 2.24) is 15.5 Å². The minimum Gasteiger partial charge on any atom is -0.392 e. The molecule has 2 aliphatic heterocycles. The van der Waals surface area contributed by atoms with Gasteiger partial charge in [-0.2, -0.15) is 0 Å². The number of hydrogen-bond acceptors (Lipinski definition) is 6. The molecule has 49 heavy (non-hydrogen) atoms. The zero-order valence-corrected chi connectivity index (χ0v) is 29.1. The highest BCUT2D eigenvalue weighted by atomic mass is 16.7. The Hall–Kier alpha value is -3.76. The van der Waals surface area contributed by atoms with E-state index in [0.29, 0.717) is 37.2 Å². The molecule has 6 atom stereocenters. The highest BCUT2D eigenvalue weighted by molar-refractivity contribution is 5.89. The molecule has 3 aliphatic rings. The molecular formula is C40H52N4O5. The number of aliphatic hydroxyl groups is 1. The summed E-state index contributed by atoms with van der Waals surface area (Å²) in [5.74, 6) is 0.710. The van der Waals surface area contributed by atoms with E-state index in [2.05, 4.69) is 20.9 Å². The molecule has 4 N–H and O–H groups in total. The van der Waals surface area contributed by atoms with Crippen LogP contribution >= 0.6 is 0 Å². The maximum Gasteiger partial charge on any atom is 0.319 e. The molecule has 3 aromatic carbocycles. The molecule has 262 valence electrons. The van der Waals surface area contributed by atoms with Crippen LogP contribution in [0, 0.1) is 5.92 Å². The summed E-state index contributed by atoms with van der Waals surface area (Å²) in [5.41, 5.74) is 4.13. The van der Waals surface area contributed by atoms with Gasteiger partial charge in [-0.3, -0.25) is 9.69 Å². The van der Waals surface area contributed by atoms with Crippen molar-refractivity contribution in [2.45, 2.75) is 115 Å². The number of amides is 3. The Morgan fingerprint density at radius 2 is 1.55 bits per heavy atom. The van der Waals surface area contributed by atoms with E-state index < -0.39 is 6.29 Å². The number of fused-ring (bicyclic) bond motifs is 1. The number of nitrogens with one attached hydrogen (secondary N) is 3. The second kappa shape index (κ2) is 15.9. The van der Waals surface area contributed by atoms with E-state index >= 15 is 0 Å².